The number of nitrogens with zero attached hydrogens (tertiary/aromatic N) is 3. The van der Waals surface area contributed by atoms with Crippen molar-refractivity contribution in [1.82, 2.24) is 14.8 Å². The van der Waals surface area contributed by atoms with Gasteiger partial charge in [-0.05, 0) is 57.6 Å². The lowest BCUT2D eigenvalue weighted by Crippen LogP contribution is -2.62. The number of pyridine rings is 1. The van der Waals surface area contributed by atoms with Crippen molar-refractivity contribution in [3.05, 3.63) is 29.6 Å². The first kappa shape index (κ1) is 18.4. The van der Waals surface area contributed by atoms with E-state index in [2.05, 4.69) is 4.98 Å². The third kappa shape index (κ3) is 3.35. The van der Waals surface area contributed by atoms with Gasteiger partial charge in [-0.2, -0.15) is 0 Å². The van der Waals surface area contributed by atoms with Crippen molar-refractivity contribution in [2.45, 2.75) is 51.5 Å². The normalized spacial score (nSPS) is 25.0. The summed E-state index contributed by atoms with van der Waals surface area (Å²) in [6.07, 6.45) is 7.47. The second kappa shape index (κ2) is 7.58. The van der Waals surface area contributed by atoms with Crippen LogP contribution in [0.3, 0.4) is 0 Å². The van der Waals surface area contributed by atoms with Gasteiger partial charge in [0, 0.05) is 50.2 Å². The summed E-state index contributed by atoms with van der Waals surface area (Å²) >= 11 is 0. The van der Waals surface area contributed by atoms with Crippen molar-refractivity contribution >= 4 is 11.8 Å². The summed E-state index contributed by atoms with van der Waals surface area (Å²) in [5, 5.41) is 0. The Labute approximate surface area is 160 Å². The summed E-state index contributed by atoms with van der Waals surface area (Å²) in [7, 11) is 0. The van der Waals surface area contributed by atoms with E-state index in [1.807, 2.05) is 22.8 Å². The Morgan fingerprint density at radius 3 is 2.56 bits per heavy atom. The predicted molar refractivity (Wildman–Crippen MR) is 101 cm³/mol. The average Bonchev–Trinajstić information content (AvgIpc) is 3.23. The summed E-state index contributed by atoms with van der Waals surface area (Å²) in [6, 6.07) is 3.25. The molecule has 3 aliphatic rings. The number of aryl methyl sites for hydroxylation is 1. The maximum Gasteiger partial charge on any atom is 0.256 e. The van der Waals surface area contributed by atoms with E-state index in [-0.39, 0.29) is 23.3 Å². The zero-order valence-electron chi connectivity index (χ0n) is 16.2. The molecule has 1 aromatic heterocycles. The van der Waals surface area contributed by atoms with Gasteiger partial charge in [-0.3, -0.25) is 14.6 Å². The third-order valence-electron chi connectivity index (χ3n) is 6.60. The first-order valence-electron chi connectivity index (χ1n) is 10.2. The van der Waals surface area contributed by atoms with Crippen LogP contribution in [0.25, 0.3) is 0 Å². The SMILES string of the molecule is Cc1ncccc1C(=O)N1CCCC2(CCOCC2)C1C(=O)N1CCCC1. The molecule has 1 unspecified atom stereocenters. The minimum atomic E-state index is -0.375. The minimum absolute atomic E-state index is 0.0521. The van der Waals surface area contributed by atoms with E-state index in [4.69, 9.17) is 4.74 Å². The minimum Gasteiger partial charge on any atom is -0.381 e. The molecule has 2 amide bonds. The van der Waals surface area contributed by atoms with E-state index in [1.54, 1.807) is 12.3 Å². The Hall–Kier alpha value is -1.95. The number of amides is 2. The van der Waals surface area contributed by atoms with Gasteiger partial charge in [0.05, 0.1) is 5.56 Å². The second-order valence-electron chi connectivity index (χ2n) is 8.15. The van der Waals surface area contributed by atoms with E-state index < -0.39 is 0 Å². The molecule has 0 N–H and O–H groups in total. The molecular weight excluding hydrogens is 342 g/mol. The number of carbonyl (C=O) groups excluding carboxylic acids is 2. The maximum absolute atomic E-state index is 13.6. The van der Waals surface area contributed by atoms with Gasteiger partial charge in [0.15, 0.2) is 0 Å². The molecule has 1 aromatic rings. The Morgan fingerprint density at radius 1 is 1.11 bits per heavy atom. The highest BCUT2D eigenvalue weighted by Crippen LogP contribution is 2.45. The Morgan fingerprint density at radius 2 is 1.85 bits per heavy atom. The zero-order chi connectivity index (χ0) is 18.9. The van der Waals surface area contributed by atoms with Crippen molar-refractivity contribution in [2.75, 3.05) is 32.8 Å². The van der Waals surface area contributed by atoms with Gasteiger partial charge < -0.3 is 14.5 Å². The van der Waals surface area contributed by atoms with Gasteiger partial charge in [0.2, 0.25) is 5.91 Å². The van der Waals surface area contributed by atoms with Crippen molar-refractivity contribution in [3.63, 3.8) is 0 Å². The molecule has 0 aliphatic carbocycles. The Kier molecular flexibility index (Phi) is 5.17. The topological polar surface area (TPSA) is 62.7 Å². The van der Waals surface area contributed by atoms with Crippen LogP contribution >= 0.6 is 0 Å². The lowest BCUT2D eigenvalue weighted by molar-refractivity contribution is -0.147. The zero-order valence-corrected chi connectivity index (χ0v) is 16.2. The van der Waals surface area contributed by atoms with Crippen LogP contribution in [-0.4, -0.2) is 65.5 Å². The van der Waals surface area contributed by atoms with Crippen LogP contribution in [0.1, 0.15) is 54.6 Å². The molecule has 1 atom stereocenters. The smallest absolute Gasteiger partial charge is 0.256 e. The number of hydrogen-bond donors (Lipinski definition) is 0. The van der Waals surface area contributed by atoms with E-state index in [1.165, 1.54) is 0 Å². The summed E-state index contributed by atoms with van der Waals surface area (Å²) < 4.78 is 5.61. The predicted octanol–water partition coefficient (Wildman–Crippen LogP) is 2.41. The van der Waals surface area contributed by atoms with Gasteiger partial charge in [0.25, 0.3) is 5.91 Å². The molecule has 3 fully saturated rings. The quantitative estimate of drug-likeness (QED) is 0.801. The van der Waals surface area contributed by atoms with E-state index in [0.717, 1.165) is 57.3 Å². The van der Waals surface area contributed by atoms with Crippen LogP contribution in [-0.2, 0) is 9.53 Å². The van der Waals surface area contributed by atoms with Crippen molar-refractivity contribution in [2.24, 2.45) is 5.41 Å². The fourth-order valence-electron chi connectivity index (χ4n) is 5.09. The summed E-state index contributed by atoms with van der Waals surface area (Å²) in [4.78, 5) is 35.2. The fraction of sp³-hybridized carbons (Fsp3) is 0.667. The number of likely N-dealkylation sites (tertiary alicyclic amines) is 2. The van der Waals surface area contributed by atoms with Crippen molar-refractivity contribution < 1.29 is 14.3 Å². The lowest BCUT2D eigenvalue weighted by atomic mass is 9.67. The highest BCUT2D eigenvalue weighted by molar-refractivity contribution is 5.98. The van der Waals surface area contributed by atoms with E-state index in [9.17, 15) is 9.59 Å². The molecule has 3 aliphatic heterocycles. The van der Waals surface area contributed by atoms with Gasteiger partial charge in [-0.15, -0.1) is 0 Å². The molecule has 4 heterocycles. The lowest BCUT2D eigenvalue weighted by Gasteiger charge is -2.51. The Bertz CT molecular complexity index is 703. The summed E-state index contributed by atoms with van der Waals surface area (Å²) in [6.45, 7) is 5.49. The van der Waals surface area contributed by atoms with Crippen LogP contribution in [0.2, 0.25) is 0 Å². The molecule has 6 heteroatoms. The second-order valence-corrected chi connectivity index (χ2v) is 8.15. The van der Waals surface area contributed by atoms with Crippen LogP contribution in [0.15, 0.2) is 18.3 Å². The highest BCUT2D eigenvalue weighted by atomic mass is 16.5. The molecule has 27 heavy (non-hydrogen) atoms. The molecule has 3 saturated heterocycles. The highest BCUT2D eigenvalue weighted by Gasteiger charge is 2.52. The fourth-order valence-corrected chi connectivity index (χ4v) is 5.09. The summed E-state index contributed by atoms with van der Waals surface area (Å²) in [5.41, 5.74) is 1.18. The third-order valence-corrected chi connectivity index (χ3v) is 6.60. The Balaban J connectivity index is 1.70. The van der Waals surface area contributed by atoms with Crippen LogP contribution < -0.4 is 0 Å². The molecule has 6 nitrogen and oxygen atoms in total. The number of piperidine rings is 1. The first-order valence-corrected chi connectivity index (χ1v) is 10.2. The molecule has 0 bridgehead atoms. The monoisotopic (exact) mass is 371 g/mol. The van der Waals surface area contributed by atoms with Crippen molar-refractivity contribution in [3.8, 4) is 0 Å². The molecule has 0 aromatic carbocycles. The number of rotatable bonds is 2. The van der Waals surface area contributed by atoms with Gasteiger partial charge in [0.1, 0.15) is 6.04 Å². The molecule has 1 spiro atoms. The molecule has 0 radical (unpaired) electrons. The standard InChI is InChI=1S/C21H29N3O3/c1-16-17(6-4-10-22-16)19(25)24-13-5-7-21(8-14-27-15-9-21)18(24)20(26)23-11-2-3-12-23/h4,6,10,18H,2-3,5,7-9,11-15H2,1H3. The largest absolute Gasteiger partial charge is 0.381 e. The van der Waals surface area contributed by atoms with Crippen LogP contribution in [0.4, 0.5) is 0 Å². The van der Waals surface area contributed by atoms with Crippen LogP contribution in [0, 0.1) is 12.3 Å². The average molecular weight is 371 g/mol. The van der Waals surface area contributed by atoms with E-state index >= 15 is 0 Å². The van der Waals surface area contributed by atoms with Crippen molar-refractivity contribution in [1.29, 1.82) is 0 Å². The van der Waals surface area contributed by atoms with Gasteiger partial charge >= 0.3 is 0 Å². The first-order chi connectivity index (χ1) is 13.1. The van der Waals surface area contributed by atoms with Crippen LogP contribution in [0.5, 0.6) is 0 Å². The summed E-state index contributed by atoms with van der Waals surface area (Å²) in [5.74, 6) is 0.0905. The van der Waals surface area contributed by atoms with Gasteiger partial charge in [-0.1, -0.05) is 0 Å². The van der Waals surface area contributed by atoms with Gasteiger partial charge in [-0.25, -0.2) is 0 Å². The number of carbonyl (C=O) groups is 2. The molecular formula is C21H29N3O3. The number of ether oxygens (including phenoxy) is 1. The number of hydrogen-bond acceptors (Lipinski definition) is 4. The maximum atomic E-state index is 13.6. The molecule has 4 rings (SSSR count). The molecule has 146 valence electrons. The molecule has 0 saturated carbocycles. The number of aromatic nitrogens is 1. The van der Waals surface area contributed by atoms with E-state index in [0.29, 0.717) is 25.3 Å².